The first-order valence-electron chi connectivity index (χ1n) is 10.5. The van der Waals surface area contributed by atoms with Gasteiger partial charge in [-0.15, -0.1) is 0 Å². The molecule has 3 heterocycles. The first-order chi connectivity index (χ1) is 13.7. The number of aromatic nitrogens is 2. The summed E-state index contributed by atoms with van der Waals surface area (Å²) in [6.45, 7) is 4.51. The maximum absolute atomic E-state index is 5.57. The van der Waals surface area contributed by atoms with Gasteiger partial charge in [-0.05, 0) is 73.2 Å². The van der Waals surface area contributed by atoms with E-state index in [0.29, 0.717) is 6.04 Å². The van der Waals surface area contributed by atoms with Crippen LogP contribution >= 0.6 is 22.6 Å². The maximum atomic E-state index is 5.57. The van der Waals surface area contributed by atoms with Crippen molar-refractivity contribution in [2.75, 3.05) is 43.5 Å². The Morgan fingerprint density at radius 1 is 1.04 bits per heavy atom. The molecule has 2 saturated heterocycles. The van der Waals surface area contributed by atoms with E-state index in [2.05, 4.69) is 49.8 Å². The first kappa shape index (κ1) is 18.7. The molecule has 1 aromatic heterocycles. The Bertz CT molecular complexity index is 857. The van der Waals surface area contributed by atoms with E-state index < -0.39 is 0 Å². The SMILES string of the molecule is COc1cc2c(NC3CCN(C4CC4)CC3)nc(N3CCCC3)nc2cc1I. The molecule has 0 radical (unpaired) electrons. The van der Waals surface area contributed by atoms with Crippen LogP contribution in [0.3, 0.4) is 0 Å². The summed E-state index contributed by atoms with van der Waals surface area (Å²) in [5.74, 6) is 2.72. The monoisotopic (exact) mass is 493 g/mol. The lowest BCUT2D eigenvalue weighted by atomic mass is 10.0. The highest BCUT2D eigenvalue weighted by atomic mass is 127. The van der Waals surface area contributed by atoms with Gasteiger partial charge < -0.3 is 19.9 Å². The molecule has 0 bridgehead atoms. The van der Waals surface area contributed by atoms with Crippen LogP contribution in [-0.2, 0) is 0 Å². The normalized spacial score (nSPS) is 21.4. The van der Waals surface area contributed by atoms with E-state index in [1.807, 2.05) is 0 Å². The van der Waals surface area contributed by atoms with E-state index in [0.717, 1.165) is 51.1 Å². The molecule has 1 N–H and O–H groups in total. The van der Waals surface area contributed by atoms with Crippen molar-refractivity contribution in [1.29, 1.82) is 0 Å². The van der Waals surface area contributed by atoms with Gasteiger partial charge in [-0.1, -0.05) is 0 Å². The van der Waals surface area contributed by atoms with Crippen molar-refractivity contribution in [3.05, 3.63) is 15.7 Å². The fourth-order valence-corrected chi connectivity index (χ4v) is 5.16. The molecule has 6 nitrogen and oxygen atoms in total. The Balaban J connectivity index is 1.45. The second-order valence-corrected chi connectivity index (χ2v) is 9.42. The average molecular weight is 493 g/mol. The summed E-state index contributed by atoms with van der Waals surface area (Å²) >= 11 is 2.32. The molecule has 0 amide bonds. The number of likely N-dealkylation sites (tertiary alicyclic amines) is 1. The molecule has 3 fully saturated rings. The molecule has 5 rings (SSSR count). The van der Waals surface area contributed by atoms with Crippen LogP contribution in [0.5, 0.6) is 5.75 Å². The highest BCUT2D eigenvalue weighted by molar-refractivity contribution is 14.1. The van der Waals surface area contributed by atoms with Crippen LogP contribution in [0.15, 0.2) is 12.1 Å². The predicted molar refractivity (Wildman–Crippen MR) is 121 cm³/mol. The molecule has 7 heteroatoms. The van der Waals surface area contributed by atoms with Crippen molar-refractivity contribution in [2.45, 2.75) is 50.6 Å². The van der Waals surface area contributed by atoms with Crippen LogP contribution in [0, 0.1) is 3.57 Å². The predicted octanol–water partition coefficient (Wildman–Crippen LogP) is 3.88. The Hall–Kier alpha value is -1.35. The Labute approximate surface area is 180 Å². The topological polar surface area (TPSA) is 53.5 Å². The number of nitrogens with one attached hydrogen (secondary N) is 1. The molecule has 0 spiro atoms. The molecule has 1 saturated carbocycles. The summed E-state index contributed by atoms with van der Waals surface area (Å²) < 4.78 is 6.65. The van der Waals surface area contributed by atoms with Gasteiger partial charge in [-0.2, -0.15) is 4.98 Å². The van der Waals surface area contributed by atoms with Crippen molar-refractivity contribution in [3.8, 4) is 5.75 Å². The summed E-state index contributed by atoms with van der Waals surface area (Å²) in [5, 5.41) is 4.84. The number of rotatable bonds is 5. The Morgan fingerprint density at radius 2 is 1.79 bits per heavy atom. The molecule has 0 unspecified atom stereocenters. The van der Waals surface area contributed by atoms with E-state index in [1.54, 1.807) is 7.11 Å². The fraction of sp³-hybridized carbons (Fsp3) is 0.619. The molecular formula is C21H28IN5O. The average Bonchev–Trinajstić information content (AvgIpc) is 3.41. The molecule has 1 aliphatic carbocycles. The fourth-order valence-electron chi connectivity index (χ4n) is 4.49. The number of halogens is 1. The minimum atomic E-state index is 0.477. The number of nitrogens with zero attached hydrogens (tertiary/aromatic N) is 4. The number of ether oxygens (including phenoxy) is 1. The molecule has 150 valence electrons. The second-order valence-electron chi connectivity index (χ2n) is 8.26. The van der Waals surface area contributed by atoms with Crippen LogP contribution < -0.4 is 15.0 Å². The van der Waals surface area contributed by atoms with Gasteiger partial charge in [-0.3, -0.25) is 0 Å². The summed E-state index contributed by atoms with van der Waals surface area (Å²) in [7, 11) is 1.73. The number of methoxy groups -OCH3 is 1. The van der Waals surface area contributed by atoms with Gasteiger partial charge in [0.1, 0.15) is 11.6 Å². The Morgan fingerprint density at radius 3 is 2.46 bits per heavy atom. The number of hydrogen-bond donors (Lipinski definition) is 1. The number of piperidine rings is 1. The van der Waals surface area contributed by atoms with Crippen molar-refractivity contribution in [1.82, 2.24) is 14.9 Å². The zero-order valence-corrected chi connectivity index (χ0v) is 18.6. The summed E-state index contributed by atoms with van der Waals surface area (Å²) in [4.78, 5) is 14.9. The molecule has 28 heavy (non-hydrogen) atoms. The van der Waals surface area contributed by atoms with Gasteiger partial charge in [0.2, 0.25) is 5.95 Å². The third-order valence-electron chi connectivity index (χ3n) is 6.28. The third-order valence-corrected chi connectivity index (χ3v) is 7.12. The molecule has 0 atom stereocenters. The smallest absolute Gasteiger partial charge is 0.227 e. The van der Waals surface area contributed by atoms with Gasteiger partial charge in [-0.25, -0.2) is 4.98 Å². The zero-order valence-electron chi connectivity index (χ0n) is 16.5. The van der Waals surface area contributed by atoms with Crippen LogP contribution in [0.4, 0.5) is 11.8 Å². The maximum Gasteiger partial charge on any atom is 0.227 e. The number of benzene rings is 1. The third kappa shape index (κ3) is 3.75. The number of anilines is 2. The minimum absolute atomic E-state index is 0.477. The lowest BCUT2D eigenvalue weighted by Crippen LogP contribution is -2.40. The molecule has 2 aliphatic heterocycles. The largest absolute Gasteiger partial charge is 0.496 e. The van der Waals surface area contributed by atoms with Crippen LogP contribution in [-0.4, -0.2) is 60.2 Å². The van der Waals surface area contributed by atoms with Crippen molar-refractivity contribution < 1.29 is 4.74 Å². The van der Waals surface area contributed by atoms with E-state index in [4.69, 9.17) is 14.7 Å². The van der Waals surface area contributed by atoms with Crippen LogP contribution in [0.25, 0.3) is 10.9 Å². The molecular weight excluding hydrogens is 465 g/mol. The van der Waals surface area contributed by atoms with Gasteiger partial charge >= 0.3 is 0 Å². The van der Waals surface area contributed by atoms with Crippen molar-refractivity contribution in [3.63, 3.8) is 0 Å². The standard InChI is InChI=1S/C21H28IN5O/c1-28-19-12-16-18(13-17(19)22)24-21(27-8-2-3-9-27)25-20(16)23-14-6-10-26(11-7-14)15-4-5-15/h12-15H,2-11H2,1H3,(H,23,24,25). The second kappa shape index (κ2) is 7.82. The van der Waals surface area contributed by atoms with E-state index in [1.165, 1.54) is 51.6 Å². The minimum Gasteiger partial charge on any atom is -0.496 e. The van der Waals surface area contributed by atoms with E-state index >= 15 is 0 Å². The van der Waals surface area contributed by atoms with Crippen LogP contribution in [0.1, 0.15) is 38.5 Å². The Kier molecular flexibility index (Phi) is 5.21. The molecule has 2 aromatic rings. The van der Waals surface area contributed by atoms with Gasteiger partial charge in [0.25, 0.3) is 0 Å². The van der Waals surface area contributed by atoms with Crippen molar-refractivity contribution in [2.24, 2.45) is 0 Å². The first-order valence-corrected chi connectivity index (χ1v) is 11.6. The lowest BCUT2D eigenvalue weighted by Gasteiger charge is -2.33. The van der Waals surface area contributed by atoms with Gasteiger partial charge in [0, 0.05) is 43.6 Å². The zero-order chi connectivity index (χ0) is 19.1. The summed E-state index contributed by atoms with van der Waals surface area (Å²) in [6, 6.07) is 5.56. The highest BCUT2D eigenvalue weighted by Crippen LogP contribution is 2.34. The van der Waals surface area contributed by atoms with Crippen LogP contribution in [0.2, 0.25) is 0 Å². The number of fused-ring (bicyclic) bond motifs is 1. The van der Waals surface area contributed by atoms with Gasteiger partial charge in [0.15, 0.2) is 0 Å². The van der Waals surface area contributed by atoms with E-state index in [-0.39, 0.29) is 0 Å². The molecule has 3 aliphatic rings. The van der Waals surface area contributed by atoms with E-state index in [9.17, 15) is 0 Å². The highest BCUT2D eigenvalue weighted by Gasteiger charge is 2.32. The summed E-state index contributed by atoms with van der Waals surface area (Å²) in [5.41, 5.74) is 1.00. The molecule has 1 aromatic carbocycles. The summed E-state index contributed by atoms with van der Waals surface area (Å²) in [6.07, 6.45) is 7.61. The van der Waals surface area contributed by atoms with Gasteiger partial charge in [0.05, 0.1) is 16.2 Å². The van der Waals surface area contributed by atoms with Crippen molar-refractivity contribution >= 4 is 45.3 Å². The quantitative estimate of drug-likeness (QED) is 0.639. The lowest BCUT2D eigenvalue weighted by molar-refractivity contribution is 0.210. The number of hydrogen-bond acceptors (Lipinski definition) is 6.